The van der Waals surface area contributed by atoms with Gasteiger partial charge in [-0.2, -0.15) is 0 Å². The van der Waals surface area contributed by atoms with E-state index in [9.17, 15) is 0 Å². The first-order valence-electron chi connectivity index (χ1n) is 18.2. The summed E-state index contributed by atoms with van der Waals surface area (Å²) in [6, 6.07) is 59.0. The molecule has 3 aromatic heterocycles. The Kier molecular flexibility index (Phi) is 6.47. The van der Waals surface area contributed by atoms with Gasteiger partial charge < -0.3 is 0 Å². The van der Waals surface area contributed by atoms with Crippen molar-refractivity contribution in [2.45, 2.75) is 19.3 Å². The van der Waals surface area contributed by atoms with Crippen molar-refractivity contribution < 1.29 is 0 Å². The average Bonchev–Trinajstić information content (AvgIpc) is 3.84. The molecule has 3 nitrogen and oxygen atoms in total. The van der Waals surface area contributed by atoms with Gasteiger partial charge in [-0.15, -0.1) is 11.3 Å². The number of benzene rings is 7. The summed E-state index contributed by atoms with van der Waals surface area (Å²) in [6.07, 6.45) is 0. The maximum Gasteiger partial charge on any atom is 0.162 e. The molecule has 11 rings (SSSR count). The van der Waals surface area contributed by atoms with E-state index in [4.69, 9.17) is 9.97 Å². The van der Waals surface area contributed by atoms with Crippen LogP contribution in [0.4, 0.5) is 0 Å². The van der Waals surface area contributed by atoms with Crippen molar-refractivity contribution in [3.05, 3.63) is 175 Å². The summed E-state index contributed by atoms with van der Waals surface area (Å²) in [5, 5.41) is 4.97. The lowest BCUT2D eigenvalue weighted by atomic mass is 9.80. The second kappa shape index (κ2) is 11.3. The molecule has 0 fully saturated rings. The van der Waals surface area contributed by atoms with Crippen LogP contribution in [0.25, 0.3) is 92.7 Å². The third kappa shape index (κ3) is 4.46. The molecule has 1 aliphatic carbocycles. The Labute approximate surface area is 311 Å². The first kappa shape index (κ1) is 30.3. The van der Waals surface area contributed by atoms with E-state index in [-0.39, 0.29) is 5.41 Å². The molecular weight excluding hydrogens is 663 g/mol. The summed E-state index contributed by atoms with van der Waals surface area (Å²) in [5.41, 5.74) is 12.9. The number of para-hydroxylation sites is 1. The van der Waals surface area contributed by atoms with E-state index in [1.165, 1.54) is 64.3 Å². The van der Waals surface area contributed by atoms with Crippen LogP contribution in [-0.2, 0) is 5.41 Å². The normalized spacial score (nSPS) is 13.2. The SMILES string of the molecule is CC1(C)c2ccccc2-c2ccc3c(c21)c1ccccc1n3-c1cc(-c2ccc(-c3ccccc3)cc2)nc(-c2cccc3sc4ccccc4c23)n1. The minimum absolute atomic E-state index is 0.154. The summed E-state index contributed by atoms with van der Waals surface area (Å²) >= 11 is 1.82. The fourth-order valence-electron chi connectivity index (χ4n) is 8.82. The Hall–Kier alpha value is -6.36. The molecule has 4 heteroatoms. The lowest BCUT2D eigenvalue weighted by Gasteiger charge is -2.22. The van der Waals surface area contributed by atoms with Gasteiger partial charge in [0, 0.05) is 53.6 Å². The number of aromatic nitrogens is 3. The van der Waals surface area contributed by atoms with E-state index >= 15 is 0 Å². The minimum atomic E-state index is -0.154. The Balaban J connectivity index is 1.20. The largest absolute Gasteiger partial charge is 0.294 e. The molecule has 0 N–H and O–H groups in total. The van der Waals surface area contributed by atoms with Crippen molar-refractivity contribution in [3.63, 3.8) is 0 Å². The fraction of sp³-hybridized carbons (Fsp3) is 0.0612. The van der Waals surface area contributed by atoms with E-state index in [2.05, 4.69) is 182 Å². The molecule has 0 aliphatic heterocycles. The Morgan fingerprint density at radius 1 is 0.491 bits per heavy atom. The third-order valence-corrected chi connectivity index (χ3v) is 12.4. The maximum atomic E-state index is 5.50. The molecule has 7 aromatic carbocycles. The number of fused-ring (bicyclic) bond motifs is 10. The fourth-order valence-corrected chi connectivity index (χ4v) is 9.95. The Morgan fingerprint density at radius 3 is 2.04 bits per heavy atom. The standard InChI is InChI=1S/C49H33N3S/c1-49(2)38-19-9-6-15-33(38)34-27-28-41-46(47(34)49)35-16-7-10-20-40(35)52(41)44-29-39(32-25-23-31(24-26-32)30-13-4-3-5-14-30)50-48(51-44)37-18-12-22-43-45(37)36-17-8-11-21-42(36)53-43/h3-29H,1-2H3. The zero-order chi connectivity index (χ0) is 35.3. The van der Waals surface area contributed by atoms with Crippen molar-refractivity contribution in [3.8, 4) is 50.7 Å². The predicted molar refractivity (Wildman–Crippen MR) is 223 cm³/mol. The smallest absolute Gasteiger partial charge is 0.162 e. The average molecular weight is 696 g/mol. The van der Waals surface area contributed by atoms with Gasteiger partial charge in [0.1, 0.15) is 5.82 Å². The molecule has 0 saturated carbocycles. The number of hydrogen-bond acceptors (Lipinski definition) is 3. The van der Waals surface area contributed by atoms with Crippen molar-refractivity contribution >= 4 is 53.3 Å². The summed E-state index contributed by atoms with van der Waals surface area (Å²) in [4.78, 5) is 10.9. The van der Waals surface area contributed by atoms with Crippen LogP contribution in [0.3, 0.4) is 0 Å². The molecule has 53 heavy (non-hydrogen) atoms. The van der Waals surface area contributed by atoms with Crippen molar-refractivity contribution in [1.82, 2.24) is 14.5 Å². The van der Waals surface area contributed by atoms with Crippen LogP contribution in [0.5, 0.6) is 0 Å². The Morgan fingerprint density at radius 2 is 1.17 bits per heavy atom. The number of thiophene rings is 1. The molecule has 0 unspecified atom stereocenters. The van der Waals surface area contributed by atoms with Crippen LogP contribution in [0.15, 0.2) is 164 Å². The van der Waals surface area contributed by atoms with Gasteiger partial charge in [-0.25, -0.2) is 9.97 Å². The highest BCUT2D eigenvalue weighted by Crippen LogP contribution is 2.53. The van der Waals surface area contributed by atoms with Crippen molar-refractivity contribution in [2.24, 2.45) is 0 Å². The summed E-state index contributed by atoms with van der Waals surface area (Å²) in [6.45, 7) is 4.74. The number of rotatable bonds is 4. The number of hydrogen-bond donors (Lipinski definition) is 0. The van der Waals surface area contributed by atoms with Crippen LogP contribution < -0.4 is 0 Å². The molecule has 10 aromatic rings. The van der Waals surface area contributed by atoms with Crippen molar-refractivity contribution in [2.75, 3.05) is 0 Å². The van der Waals surface area contributed by atoms with Crippen LogP contribution >= 0.6 is 11.3 Å². The quantitative estimate of drug-likeness (QED) is 0.183. The molecule has 0 radical (unpaired) electrons. The summed E-state index contributed by atoms with van der Waals surface area (Å²) in [7, 11) is 0. The zero-order valence-corrected chi connectivity index (χ0v) is 30.2. The van der Waals surface area contributed by atoms with Crippen LogP contribution in [0, 0.1) is 0 Å². The van der Waals surface area contributed by atoms with Gasteiger partial charge in [0.2, 0.25) is 0 Å². The lowest BCUT2D eigenvalue weighted by molar-refractivity contribution is 0.666. The third-order valence-electron chi connectivity index (χ3n) is 11.2. The first-order chi connectivity index (χ1) is 26.0. The van der Waals surface area contributed by atoms with E-state index in [1.54, 1.807) is 0 Å². The first-order valence-corrected chi connectivity index (χ1v) is 19.0. The zero-order valence-electron chi connectivity index (χ0n) is 29.3. The van der Waals surface area contributed by atoms with Crippen LogP contribution in [0.1, 0.15) is 25.0 Å². The molecule has 0 saturated heterocycles. The highest BCUT2D eigenvalue weighted by molar-refractivity contribution is 7.25. The van der Waals surface area contributed by atoms with Gasteiger partial charge in [-0.05, 0) is 57.6 Å². The predicted octanol–water partition coefficient (Wildman–Crippen LogP) is 13.2. The molecule has 0 spiro atoms. The highest BCUT2D eigenvalue weighted by Gasteiger charge is 2.38. The van der Waals surface area contributed by atoms with Gasteiger partial charge in [-0.3, -0.25) is 4.57 Å². The number of nitrogens with zero attached hydrogens (tertiary/aromatic N) is 3. The second-order valence-electron chi connectivity index (χ2n) is 14.6. The molecule has 0 atom stereocenters. The van der Waals surface area contributed by atoms with Crippen molar-refractivity contribution in [1.29, 1.82) is 0 Å². The van der Waals surface area contributed by atoms with E-state index in [0.717, 1.165) is 39.5 Å². The van der Waals surface area contributed by atoms with Crippen LogP contribution in [-0.4, -0.2) is 14.5 Å². The van der Waals surface area contributed by atoms with Gasteiger partial charge in [0.25, 0.3) is 0 Å². The summed E-state index contributed by atoms with van der Waals surface area (Å²) in [5.74, 6) is 1.58. The second-order valence-corrected chi connectivity index (χ2v) is 15.6. The monoisotopic (exact) mass is 695 g/mol. The maximum absolute atomic E-state index is 5.50. The lowest BCUT2D eigenvalue weighted by Crippen LogP contribution is -2.15. The van der Waals surface area contributed by atoms with Gasteiger partial charge in [0.05, 0.1) is 16.7 Å². The molecule has 0 bridgehead atoms. The molecule has 1 aliphatic rings. The van der Waals surface area contributed by atoms with E-state index in [1.807, 2.05) is 11.3 Å². The van der Waals surface area contributed by atoms with Gasteiger partial charge in [0.15, 0.2) is 5.82 Å². The van der Waals surface area contributed by atoms with Gasteiger partial charge >= 0.3 is 0 Å². The minimum Gasteiger partial charge on any atom is -0.294 e. The molecule has 250 valence electrons. The molecular formula is C49H33N3S. The molecule has 0 amide bonds. The van der Waals surface area contributed by atoms with E-state index < -0.39 is 0 Å². The highest BCUT2D eigenvalue weighted by atomic mass is 32.1. The van der Waals surface area contributed by atoms with E-state index in [0.29, 0.717) is 0 Å². The Bertz CT molecular complexity index is 3080. The molecule has 3 heterocycles. The van der Waals surface area contributed by atoms with Crippen LogP contribution in [0.2, 0.25) is 0 Å². The topological polar surface area (TPSA) is 30.7 Å². The summed E-state index contributed by atoms with van der Waals surface area (Å²) < 4.78 is 4.87. The van der Waals surface area contributed by atoms with Gasteiger partial charge in [-0.1, -0.05) is 147 Å².